The molecule has 0 spiro atoms. The Hall–Kier alpha value is -2.71. The molecule has 1 aromatic carbocycles. The van der Waals surface area contributed by atoms with Crippen molar-refractivity contribution in [2.75, 3.05) is 11.9 Å². The normalized spacial score (nSPS) is 11.3. The summed E-state index contributed by atoms with van der Waals surface area (Å²) in [5.41, 5.74) is -0.558. The molecule has 9 heteroatoms. The molecule has 0 atom stereocenters. The largest absolute Gasteiger partial charge is 0.433 e. The lowest BCUT2D eigenvalue weighted by Crippen LogP contribution is -2.21. The van der Waals surface area contributed by atoms with E-state index >= 15 is 0 Å². The van der Waals surface area contributed by atoms with Crippen molar-refractivity contribution >= 4 is 11.6 Å². The molecule has 1 heterocycles. The topological polar surface area (TPSA) is 72.2 Å². The van der Waals surface area contributed by atoms with Gasteiger partial charge in [-0.05, 0) is 11.6 Å². The van der Waals surface area contributed by atoms with Gasteiger partial charge in [-0.2, -0.15) is 13.2 Å². The molecule has 0 radical (unpaired) electrons. The van der Waals surface area contributed by atoms with E-state index < -0.39 is 16.8 Å². The minimum absolute atomic E-state index is 0.0872. The van der Waals surface area contributed by atoms with Crippen LogP contribution in [0.5, 0.6) is 0 Å². The number of nitro groups is 1. The van der Waals surface area contributed by atoms with Gasteiger partial charge in [0.1, 0.15) is 5.69 Å². The van der Waals surface area contributed by atoms with Crippen molar-refractivity contribution in [2.24, 2.45) is 0 Å². The molecule has 0 unspecified atom stereocenters. The van der Waals surface area contributed by atoms with E-state index in [4.69, 9.17) is 0 Å². The molecular weight excluding hydrogens is 301 g/mol. The number of aromatic nitrogens is 2. The Morgan fingerprint density at radius 2 is 2.05 bits per heavy atom. The molecule has 2 aromatic rings. The van der Waals surface area contributed by atoms with Crippen LogP contribution in [0.4, 0.5) is 24.8 Å². The molecule has 116 valence electrons. The van der Waals surface area contributed by atoms with Gasteiger partial charge >= 0.3 is 6.18 Å². The molecule has 1 aromatic heterocycles. The zero-order chi connectivity index (χ0) is 16.3. The Morgan fingerprint density at radius 1 is 1.32 bits per heavy atom. The number of halogens is 3. The van der Waals surface area contributed by atoms with Crippen molar-refractivity contribution in [3.63, 3.8) is 0 Å². The third-order valence-electron chi connectivity index (χ3n) is 2.82. The first-order valence-corrected chi connectivity index (χ1v) is 6.12. The maximum absolute atomic E-state index is 12.6. The highest BCUT2D eigenvalue weighted by molar-refractivity contribution is 5.38. The van der Waals surface area contributed by atoms with Crippen LogP contribution in [0.25, 0.3) is 0 Å². The first kappa shape index (κ1) is 15.7. The number of benzene rings is 1. The maximum atomic E-state index is 12.6. The second-order valence-electron chi connectivity index (χ2n) is 4.52. The number of nitro benzene ring substituents is 1. The Labute approximate surface area is 123 Å². The first-order valence-electron chi connectivity index (χ1n) is 6.12. The highest BCUT2D eigenvalue weighted by Gasteiger charge is 2.33. The fourth-order valence-corrected chi connectivity index (χ4v) is 1.80. The lowest BCUT2D eigenvalue weighted by Gasteiger charge is -2.18. The van der Waals surface area contributed by atoms with E-state index in [1.165, 1.54) is 30.1 Å². The van der Waals surface area contributed by atoms with Crippen LogP contribution in [-0.2, 0) is 12.7 Å². The zero-order valence-corrected chi connectivity index (χ0v) is 11.4. The lowest BCUT2D eigenvalue weighted by atomic mass is 10.2. The number of rotatable bonds is 4. The molecule has 2 rings (SSSR count). The zero-order valence-electron chi connectivity index (χ0n) is 11.4. The molecule has 0 N–H and O–H groups in total. The molecule has 0 aliphatic rings. The molecule has 0 fully saturated rings. The second kappa shape index (κ2) is 5.96. The summed E-state index contributed by atoms with van der Waals surface area (Å²) in [5, 5.41) is 10.7. The summed E-state index contributed by atoms with van der Waals surface area (Å²) < 4.78 is 37.8. The lowest BCUT2D eigenvalue weighted by molar-refractivity contribution is -0.384. The summed E-state index contributed by atoms with van der Waals surface area (Å²) in [7, 11) is 1.51. The minimum atomic E-state index is -4.55. The third kappa shape index (κ3) is 3.68. The highest BCUT2D eigenvalue weighted by atomic mass is 19.4. The van der Waals surface area contributed by atoms with Gasteiger partial charge in [0, 0.05) is 31.9 Å². The number of hydrogen-bond donors (Lipinski definition) is 0. The van der Waals surface area contributed by atoms with E-state index in [9.17, 15) is 23.3 Å². The SMILES string of the molecule is CN(Cc1cccc([N+](=O)[O-])c1)c1nccc(C(F)(F)F)n1. The average molecular weight is 312 g/mol. The van der Waals surface area contributed by atoms with Gasteiger partial charge < -0.3 is 4.90 Å². The van der Waals surface area contributed by atoms with E-state index in [0.717, 1.165) is 12.3 Å². The van der Waals surface area contributed by atoms with Crippen LogP contribution in [0.15, 0.2) is 36.5 Å². The van der Waals surface area contributed by atoms with Gasteiger partial charge in [0.2, 0.25) is 5.95 Å². The summed E-state index contributed by atoms with van der Waals surface area (Å²) in [6.07, 6.45) is -3.53. The molecule has 0 aliphatic carbocycles. The molecule has 6 nitrogen and oxygen atoms in total. The Kier molecular flexibility index (Phi) is 4.25. The predicted molar refractivity (Wildman–Crippen MR) is 72.2 cm³/mol. The number of anilines is 1. The van der Waals surface area contributed by atoms with Crippen LogP contribution >= 0.6 is 0 Å². The van der Waals surface area contributed by atoms with Crippen LogP contribution in [0.3, 0.4) is 0 Å². The number of non-ortho nitro benzene ring substituents is 1. The van der Waals surface area contributed by atoms with Crippen molar-refractivity contribution < 1.29 is 18.1 Å². The summed E-state index contributed by atoms with van der Waals surface area (Å²) in [5.74, 6) is -0.110. The average Bonchev–Trinajstić information content (AvgIpc) is 2.46. The monoisotopic (exact) mass is 312 g/mol. The van der Waals surface area contributed by atoms with Gasteiger partial charge in [0.25, 0.3) is 5.69 Å². The molecule has 22 heavy (non-hydrogen) atoms. The maximum Gasteiger partial charge on any atom is 0.433 e. The molecule has 0 bridgehead atoms. The molecule has 0 amide bonds. The van der Waals surface area contributed by atoms with Crippen molar-refractivity contribution in [1.29, 1.82) is 0 Å². The fraction of sp³-hybridized carbons (Fsp3) is 0.231. The summed E-state index contributed by atoms with van der Waals surface area (Å²) in [4.78, 5) is 18.8. The van der Waals surface area contributed by atoms with Gasteiger partial charge in [0.15, 0.2) is 0 Å². The Balaban J connectivity index is 2.20. The quantitative estimate of drug-likeness (QED) is 0.641. The second-order valence-corrected chi connectivity index (χ2v) is 4.52. The van der Waals surface area contributed by atoms with E-state index in [1.54, 1.807) is 6.07 Å². The number of hydrogen-bond acceptors (Lipinski definition) is 5. The van der Waals surface area contributed by atoms with Gasteiger partial charge in [-0.15, -0.1) is 0 Å². The van der Waals surface area contributed by atoms with E-state index in [2.05, 4.69) is 9.97 Å². The van der Waals surface area contributed by atoms with Crippen LogP contribution in [0.2, 0.25) is 0 Å². The summed E-state index contributed by atoms with van der Waals surface area (Å²) in [6.45, 7) is 0.142. The Morgan fingerprint density at radius 3 is 2.68 bits per heavy atom. The van der Waals surface area contributed by atoms with Crippen molar-refractivity contribution in [2.45, 2.75) is 12.7 Å². The van der Waals surface area contributed by atoms with Crippen molar-refractivity contribution in [3.05, 3.63) is 57.9 Å². The summed E-state index contributed by atoms with van der Waals surface area (Å²) >= 11 is 0. The van der Waals surface area contributed by atoms with Crippen LogP contribution in [0, 0.1) is 10.1 Å². The van der Waals surface area contributed by atoms with Gasteiger partial charge in [-0.25, -0.2) is 9.97 Å². The third-order valence-corrected chi connectivity index (χ3v) is 2.82. The Bertz CT molecular complexity index is 691. The van der Waals surface area contributed by atoms with Crippen molar-refractivity contribution in [1.82, 2.24) is 9.97 Å². The smallest absolute Gasteiger partial charge is 0.340 e. The van der Waals surface area contributed by atoms with E-state index in [1.807, 2.05) is 0 Å². The van der Waals surface area contributed by atoms with Gasteiger partial charge in [0.05, 0.1) is 4.92 Å². The minimum Gasteiger partial charge on any atom is -0.340 e. The molecule has 0 aliphatic heterocycles. The number of nitrogens with zero attached hydrogens (tertiary/aromatic N) is 4. The molecular formula is C13H11F3N4O2. The van der Waals surface area contributed by atoms with Crippen LogP contribution < -0.4 is 4.90 Å². The predicted octanol–water partition coefficient (Wildman–Crippen LogP) is 3.04. The van der Waals surface area contributed by atoms with Gasteiger partial charge in [-0.1, -0.05) is 12.1 Å². The first-order chi connectivity index (χ1) is 10.3. The van der Waals surface area contributed by atoms with Gasteiger partial charge in [-0.3, -0.25) is 10.1 Å². The fourth-order valence-electron chi connectivity index (χ4n) is 1.80. The van der Waals surface area contributed by atoms with E-state index in [0.29, 0.717) is 5.56 Å². The van der Waals surface area contributed by atoms with Crippen LogP contribution in [-0.4, -0.2) is 21.9 Å². The molecule has 0 saturated carbocycles. The van der Waals surface area contributed by atoms with E-state index in [-0.39, 0.29) is 18.2 Å². The standard InChI is InChI=1S/C13H11F3N4O2/c1-19(8-9-3-2-4-10(7-9)20(21)22)12-17-6-5-11(18-12)13(14,15)16/h2-7H,8H2,1H3. The highest BCUT2D eigenvalue weighted by Crippen LogP contribution is 2.28. The van der Waals surface area contributed by atoms with Crippen molar-refractivity contribution in [3.8, 4) is 0 Å². The summed E-state index contributed by atoms with van der Waals surface area (Å²) in [6, 6.07) is 6.62. The van der Waals surface area contributed by atoms with Crippen LogP contribution in [0.1, 0.15) is 11.3 Å². The molecule has 0 saturated heterocycles. The number of alkyl halides is 3.